The number of anilines is 6. The number of para-hydroxylation sites is 2. The fourth-order valence-corrected chi connectivity index (χ4v) is 11.0. The van der Waals surface area contributed by atoms with E-state index < -0.39 is 0 Å². The minimum Gasteiger partial charge on any atom is -0.307 e. The summed E-state index contributed by atoms with van der Waals surface area (Å²) in [4.78, 5) is 4.23. The van der Waals surface area contributed by atoms with Crippen molar-refractivity contribution in [1.29, 1.82) is 0 Å². The predicted octanol–water partition coefficient (Wildman–Crippen LogP) is 19.7. The molecule has 12 aromatic rings. The highest BCUT2D eigenvalue weighted by Crippen LogP contribution is 2.53. The molecule has 0 amide bonds. The lowest BCUT2D eigenvalue weighted by Crippen LogP contribution is -2.15. The van der Waals surface area contributed by atoms with Crippen molar-refractivity contribution >= 4 is 66.4 Å². The molecule has 0 heterocycles. The second kappa shape index (κ2) is 18.1. The van der Waals surface area contributed by atoms with Gasteiger partial charge in [0.1, 0.15) is 0 Å². The summed E-state index contributed by atoms with van der Waals surface area (Å²) >= 11 is 0. The molecule has 0 aliphatic carbocycles. The topological polar surface area (TPSA) is 6.48 Å². The molecule has 72 heavy (non-hydrogen) atoms. The molecule has 346 valence electrons. The van der Waals surface area contributed by atoms with E-state index in [4.69, 9.17) is 0 Å². The van der Waals surface area contributed by atoms with Crippen LogP contribution in [-0.4, -0.2) is 0 Å². The highest BCUT2D eigenvalue weighted by molar-refractivity contribution is 6.28. The van der Waals surface area contributed by atoms with Crippen LogP contribution >= 0.6 is 0 Å². The van der Waals surface area contributed by atoms with Crippen molar-refractivity contribution in [1.82, 2.24) is 0 Å². The zero-order chi connectivity index (χ0) is 49.0. The Labute approximate surface area is 419 Å². The Morgan fingerprint density at radius 2 is 0.556 bits per heavy atom. The quantitative estimate of drug-likeness (QED) is 0.126. The second-order valence-electron chi connectivity index (χ2n) is 18.8. The largest absolute Gasteiger partial charge is 0.307 e. The van der Waals surface area contributed by atoms with Gasteiger partial charge < -0.3 is 9.80 Å². The maximum Gasteiger partial charge on any atom is 0.155 e. The lowest BCUT2D eigenvalue weighted by molar-refractivity contribution is 0.632. The summed E-state index contributed by atoms with van der Waals surface area (Å²) < 4.78 is 36.8. The van der Waals surface area contributed by atoms with Gasteiger partial charge in [0.05, 0.1) is 22.7 Å². The molecule has 0 unspecified atom stereocenters. The van der Waals surface area contributed by atoms with Crippen molar-refractivity contribution in [3.63, 3.8) is 0 Å². The minimum absolute atomic E-state index is 0.306. The predicted molar refractivity (Wildman–Crippen MR) is 300 cm³/mol. The molecule has 0 aliphatic heterocycles. The summed E-state index contributed by atoms with van der Waals surface area (Å²) in [6.07, 6.45) is 0. The van der Waals surface area contributed by atoms with Crippen molar-refractivity contribution in [2.75, 3.05) is 9.80 Å². The van der Waals surface area contributed by atoms with Crippen LogP contribution in [0.2, 0.25) is 0 Å². The molecule has 2 nitrogen and oxygen atoms in total. The number of hydrogen-bond donors (Lipinski definition) is 0. The zero-order valence-electron chi connectivity index (χ0n) is 40.6. The van der Waals surface area contributed by atoms with Gasteiger partial charge in [-0.15, -0.1) is 0 Å². The number of hydrogen-bond acceptors (Lipinski definition) is 2. The normalized spacial score (nSPS) is 11.5. The first-order chi connectivity index (χ1) is 35.3. The summed E-state index contributed by atoms with van der Waals surface area (Å²) in [6.45, 7) is 8.23. The van der Waals surface area contributed by atoms with Crippen LogP contribution < -0.4 is 9.80 Å². The van der Waals surface area contributed by atoms with Crippen LogP contribution in [0.5, 0.6) is 0 Å². The van der Waals surface area contributed by atoms with E-state index in [1.54, 1.807) is 0 Å². The lowest BCUT2D eigenvalue weighted by Gasteiger charge is -2.32. The van der Waals surface area contributed by atoms with Gasteiger partial charge in [0.2, 0.25) is 0 Å². The number of halogens is 2. The minimum atomic E-state index is -0.306. The average molecular weight is 933 g/mol. The summed E-state index contributed by atoms with van der Waals surface area (Å²) in [5, 5.41) is 6.10. The summed E-state index contributed by atoms with van der Waals surface area (Å²) in [6, 6.07) is 78.0. The summed E-state index contributed by atoms with van der Waals surface area (Å²) in [7, 11) is 0. The highest BCUT2D eigenvalue weighted by atomic mass is 19.1. The smallest absolute Gasteiger partial charge is 0.155 e. The molecule has 0 aliphatic rings. The number of rotatable bonds is 10. The van der Waals surface area contributed by atoms with E-state index in [0.717, 1.165) is 111 Å². The molecular formula is C68H50F2N2. The van der Waals surface area contributed by atoms with Gasteiger partial charge in [0, 0.05) is 44.4 Å². The van der Waals surface area contributed by atoms with Crippen molar-refractivity contribution in [3.05, 3.63) is 264 Å². The first-order valence-corrected chi connectivity index (χ1v) is 24.6. The Bertz CT molecular complexity index is 3750. The Morgan fingerprint density at radius 1 is 0.264 bits per heavy atom. The zero-order valence-corrected chi connectivity index (χ0v) is 40.6. The maximum absolute atomic E-state index is 18.4. The van der Waals surface area contributed by atoms with E-state index in [1.807, 2.05) is 135 Å². The Kier molecular flexibility index (Phi) is 11.2. The number of nitrogens with zero attached hydrogens (tertiary/aromatic N) is 2. The van der Waals surface area contributed by atoms with Crippen LogP contribution in [0.25, 0.3) is 76.8 Å². The third-order valence-electron chi connectivity index (χ3n) is 14.5. The first-order valence-electron chi connectivity index (χ1n) is 24.6. The molecule has 0 radical (unpaired) electrons. The van der Waals surface area contributed by atoms with Crippen molar-refractivity contribution in [2.45, 2.75) is 27.7 Å². The molecule has 0 saturated heterocycles. The molecule has 0 spiro atoms. The first kappa shape index (κ1) is 44.4. The Hall–Kier alpha value is -8.86. The van der Waals surface area contributed by atoms with Crippen LogP contribution in [0, 0.1) is 39.3 Å². The van der Waals surface area contributed by atoms with Gasteiger partial charge in [-0.1, -0.05) is 194 Å². The molecule has 4 heteroatoms. The lowest BCUT2D eigenvalue weighted by atomic mass is 9.90. The highest BCUT2D eigenvalue weighted by Gasteiger charge is 2.30. The molecule has 12 rings (SSSR count). The standard InChI is InChI=1S/C68H50F2N2/c1-43-19-11-15-27-51(43)55-37-39-57(53-29-17-13-21-45(53)3)67(65(55)69)71(49-23-7-5-8-24-49)61-41-33-47-32-36-60-62(42-34-48-31-35-59(61)63(47)64(48)60)72(50-25-9-6-10-26-50)68-58(54-30-18-14-22-46(54)4)40-38-56(66(68)70)52-28-16-12-20-44(52)2/h5-42H,1-4H3. The van der Waals surface area contributed by atoms with Gasteiger partial charge in [-0.3, -0.25) is 0 Å². The van der Waals surface area contributed by atoms with E-state index in [1.165, 1.54) is 0 Å². The molecule has 0 saturated carbocycles. The number of benzene rings is 12. The molecule has 12 aromatic carbocycles. The monoisotopic (exact) mass is 932 g/mol. The fraction of sp³-hybridized carbons (Fsp3) is 0.0588. The van der Waals surface area contributed by atoms with Crippen LogP contribution in [0.15, 0.2) is 231 Å². The van der Waals surface area contributed by atoms with E-state index >= 15 is 8.78 Å². The van der Waals surface area contributed by atoms with Gasteiger partial charge in [-0.2, -0.15) is 0 Å². The maximum atomic E-state index is 18.4. The third-order valence-corrected chi connectivity index (χ3v) is 14.5. The van der Waals surface area contributed by atoms with Gasteiger partial charge in [0.15, 0.2) is 11.6 Å². The van der Waals surface area contributed by atoms with Crippen LogP contribution in [-0.2, 0) is 0 Å². The molecular weight excluding hydrogens is 883 g/mol. The van der Waals surface area contributed by atoms with Gasteiger partial charge in [0.25, 0.3) is 0 Å². The van der Waals surface area contributed by atoms with Crippen molar-refractivity contribution < 1.29 is 8.78 Å². The summed E-state index contributed by atoms with van der Waals surface area (Å²) in [5.74, 6) is -0.611. The SMILES string of the molecule is Cc1ccccc1-c1ccc(-c2ccccc2C)c(N(c2ccccc2)c2ccc3ccc4c(N(c5ccccc5)c5c(-c6ccccc6C)ccc(-c6ccccc6C)c5F)ccc5ccc2c3c54)c1F. The third kappa shape index (κ3) is 7.38. The van der Waals surface area contributed by atoms with Crippen LogP contribution in [0.3, 0.4) is 0 Å². The van der Waals surface area contributed by atoms with Crippen LogP contribution in [0.4, 0.5) is 42.9 Å². The number of aryl methyl sites for hydroxylation is 4. The van der Waals surface area contributed by atoms with Crippen molar-refractivity contribution in [3.8, 4) is 44.5 Å². The van der Waals surface area contributed by atoms with Gasteiger partial charge >= 0.3 is 0 Å². The molecule has 0 fully saturated rings. The molecule has 0 atom stereocenters. The second-order valence-corrected chi connectivity index (χ2v) is 18.8. The van der Waals surface area contributed by atoms with E-state index in [9.17, 15) is 0 Å². The Balaban J connectivity index is 1.15. The molecule has 0 aromatic heterocycles. The van der Waals surface area contributed by atoms with Crippen LogP contribution in [0.1, 0.15) is 22.3 Å². The van der Waals surface area contributed by atoms with E-state index in [2.05, 4.69) is 133 Å². The van der Waals surface area contributed by atoms with E-state index in [-0.39, 0.29) is 11.6 Å². The fourth-order valence-electron chi connectivity index (χ4n) is 11.0. The summed E-state index contributed by atoms with van der Waals surface area (Å²) in [5.41, 5.74) is 14.6. The van der Waals surface area contributed by atoms with Crippen molar-refractivity contribution in [2.24, 2.45) is 0 Å². The molecule has 0 bridgehead atoms. The van der Waals surface area contributed by atoms with Gasteiger partial charge in [-0.25, -0.2) is 8.78 Å². The van der Waals surface area contributed by atoms with Gasteiger partial charge in [-0.05, 0) is 130 Å². The average Bonchev–Trinajstić information content (AvgIpc) is 3.41. The Morgan fingerprint density at radius 3 is 0.903 bits per heavy atom. The van der Waals surface area contributed by atoms with E-state index in [0.29, 0.717) is 22.5 Å². The molecule has 0 N–H and O–H groups in total.